The molecule has 3 nitrogen and oxygen atoms in total. The van der Waals surface area contributed by atoms with Gasteiger partial charge >= 0.3 is 0 Å². The zero-order chi connectivity index (χ0) is 12.5. The maximum atomic E-state index is 4.60. The number of rotatable bonds is 1. The Balaban J connectivity index is 2.14. The van der Waals surface area contributed by atoms with E-state index < -0.39 is 0 Å². The third-order valence-electron chi connectivity index (χ3n) is 3.51. The highest BCUT2D eigenvalue weighted by molar-refractivity contribution is 9.10. The van der Waals surface area contributed by atoms with Crippen LogP contribution in [0.1, 0.15) is 6.92 Å². The second-order valence-electron chi connectivity index (χ2n) is 4.72. The molecule has 1 fully saturated rings. The van der Waals surface area contributed by atoms with Crippen molar-refractivity contribution in [2.24, 2.45) is 0 Å². The molecule has 0 amide bonds. The average molecular weight is 306 g/mol. The molecule has 94 valence electrons. The van der Waals surface area contributed by atoms with Crippen molar-refractivity contribution in [2.45, 2.75) is 13.0 Å². The van der Waals surface area contributed by atoms with E-state index in [9.17, 15) is 0 Å². The lowest BCUT2D eigenvalue weighted by Crippen LogP contribution is -2.50. The highest BCUT2D eigenvalue weighted by Crippen LogP contribution is 2.30. The molecular formula is C14H16BrN3. The van der Waals surface area contributed by atoms with Crippen molar-refractivity contribution < 1.29 is 0 Å². The summed E-state index contributed by atoms with van der Waals surface area (Å²) in [5, 5.41) is 5.87. The largest absolute Gasteiger partial charge is 0.351 e. The number of hydrogen-bond acceptors (Lipinski definition) is 3. The highest BCUT2D eigenvalue weighted by Gasteiger charge is 2.21. The second kappa shape index (κ2) is 4.86. The number of anilines is 1. The molecule has 0 bridgehead atoms. The van der Waals surface area contributed by atoms with Gasteiger partial charge in [0, 0.05) is 47.1 Å². The Kier molecular flexibility index (Phi) is 3.22. The molecular weight excluding hydrogens is 290 g/mol. The lowest BCUT2D eigenvalue weighted by atomic mass is 10.1. The van der Waals surface area contributed by atoms with Gasteiger partial charge in [-0.05, 0) is 19.1 Å². The van der Waals surface area contributed by atoms with E-state index in [0.717, 1.165) is 29.9 Å². The molecule has 1 aliphatic heterocycles. The number of halogens is 1. The van der Waals surface area contributed by atoms with E-state index in [1.807, 2.05) is 6.20 Å². The van der Waals surface area contributed by atoms with E-state index in [1.165, 1.54) is 10.8 Å². The van der Waals surface area contributed by atoms with Crippen LogP contribution in [-0.4, -0.2) is 30.7 Å². The maximum absolute atomic E-state index is 4.60. The minimum absolute atomic E-state index is 0.482. The molecule has 1 atom stereocenters. The molecule has 2 aromatic rings. The van der Waals surface area contributed by atoms with Crippen molar-refractivity contribution in [1.82, 2.24) is 10.3 Å². The second-order valence-corrected chi connectivity index (χ2v) is 5.57. The molecule has 1 aromatic heterocycles. The Labute approximate surface area is 115 Å². The first kappa shape index (κ1) is 11.9. The van der Waals surface area contributed by atoms with Gasteiger partial charge in [0.2, 0.25) is 0 Å². The minimum atomic E-state index is 0.482. The van der Waals surface area contributed by atoms with E-state index in [2.05, 4.69) is 62.3 Å². The summed E-state index contributed by atoms with van der Waals surface area (Å²) < 4.78 is 1.13. The van der Waals surface area contributed by atoms with Gasteiger partial charge in [-0.3, -0.25) is 0 Å². The van der Waals surface area contributed by atoms with Crippen LogP contribution in [0, 0.1) is 0 Å². The number of piperazine rings is 1. The number of nitrogens with zero attached hydrogens (tertiary/aromatic N) is 2. The van der Waals surface area contributed by atoms with Crippen LogP contribution < -0.4 is 10.2 Å². The van der Waals surface area contributed by atoms with Crippen molar-refractivity contribution in [3.8, 4) is 0 Å². The fourth-order valence-corrected chi connectivity index (χ4v) is 3.04. The van der Waals surface area contributed by atoms with Crippen molar-refractivity contribution in [1.29, 1.82) is 0 Å². The van der Waals surface area contributed by atoms with Crippen LogP contribution in [0.15, 0.2) is 34.9 Å². The van der Waals surface area contributed by atoms with Gasteiger partial charge in [0.15, 0.2) is 0 Å². The number of benzene rings is 1. The predicted octanol–water partition coefficient (Wildman–Crippen LogP) is 2.80. The Bertz CT molecular complexity index is 570. The third kappa shape index (κ3) is 1.99. The van der Waals surface area contributed by atoms with Gasteiger partial charge in [0.25, 0.3) is 0 Å². The monoisotopic (exact) mass is 305 g/mol. The number of pyridine rings is 1. The Morgan fingerprint density at radius 1 is 1.33 bits per heavy atom. The molecule has 3 rings (SSSR count). The zero-order valence-electron chi connectivity index (χ0n) is 10.4. The van der Waals surface area contributed by atoms with Gasteiger partial charge in [0.05, 0.1) is 0 Å². The van der Waals surface area contributed by atoms with Crippen molar-refractivity contribution in [2.75, 3.05) is 24.5 Å². The van der Waals surface area contributed by atoms with Crippen LogP contribution in [0.5, 0.6) is 0 Å². The molecule has 1 N–H and O–H groups in total. The van der Waals surface area contributed by atoms with Crippen molar-refractivity contribution >= 4 is 32.5 Å². The molecule has 4 heteroatoms. The predicted molar refractivity (Wildman–Crippen MR) is 79.1 cm³/mol. The van der Waals surface area contributed by atoms with E-state index >= 15 is 0 Å². The van der Waals surface area contributed by atoms with Crippen LogP contribution in [-0.2, 0) is 0 Å². The SMILES string of the molecule is CC1CNCCN1c1nccc2c(Br)cccc12. The summed E-state index contributed by atoms with van der Waals surface area (Å²) in [5.74, 6) is 1.10. The molecule has 1 unspecified atom stereocenters. The molecule has 1 aliphatic rings. The standard InChI is InChI=1S/C14H16BrN3/c1-10-9-16-7-8-18(10)14-12-3-2-4-13(15)11(12)5-6-17-14/h2-6,10,16H,7-9H2,1H3. The van der Waals surface area contributed by atoms with Gasteiger partial charge in [-0.1, -0.05) is 28.1 Å². The first-order valence-corrected chi connectivity index (χ1v) is 7.07. The molecule has 0 radical (unpaired) electrons. The van der Waals surface area contributed by atoms with Crippen LogP contribution in [0.2, 0.25) is 0 Å². The molecule has 0 saturated carbocycles. The van der Waals surface area contributed by atoms with Crippen LogP contribution in [0.4, 0.5) is 5.82 Å². The van der Waals surface area contributed by atoms with E-state index in [0.29, 0.717) is 6.04 Å². The number of fused-ring (bicyclic) bond motifs is 1. The maximum Gasteiger partial charge on any atom is 0.136 e. The van der Waals surface area contributed by atoms with Gasteiger partial charge < -0.3 is 10.2 Å². The summed E-state index contributed by atoms with van der Waals surface area (Å²) in [5.41, 5.74) is 0. The molecule has 0 spiro atoms. The zero-order valence-corrected chi connectivity index (χ0v) is 11.9. The summed E-state index contributed by atoms with van der Waals surface area (Å²) in [7, 11) is 0. The van der Waals surface area contributed by atoms with Crippen LogP contribution in [0.25, 0.3) is 10.8 Å². The fraction of sp³-hybridized carbons (Fsp3) is 0.357. The molecule has 2 heterocycles. The number of hydrogen-bond donors (Lipinski definition) is 1. The van der Waals surface area contributed by atoms with Gasteiger partial charge in [-0.25, -0.2) is 4.98 Å². The van der Waals surface area contributed by atoms with Gasteiger partial charge in [-0.2, -0.15) is 0 Å². The highest BCUT2D eigenvalue weighted by atomic mass is 79.9. The lowest BCUT2D eigenvalue weighted by Gasteiger charge is -2.35. The van der Waals surface area contributed by atoms with Crippen molar-refractivity contribution in [3.05, 3.63) is 34.9 Å². The topological polar surface area (TPSA) is 28.2 Å². The number of nitrogens with one attached hydrogen (secondary N) is 1. The lowest BCUT2D eigenvalue weighted by molar-refractivity contribution is 0.498. The van der Waals surface area contributed by atoms with E-state index in [-0.39, 0.29) is 0 Å². The summed E-state index contributed by atoms with van der Waals surface area (Å²) in [6, 6.07) is 8.85. The summed E-state index contributed by atoms with van der Waals surface area (Å²) in [6.45, 7) is 5.30. The third-order valence-corrected chi connectivity index (χ3v) is 4.20. The number of aromatic nitrogens is 1. The average Bonchev–Trinajstić information content (AvgIpc) is 2.40. The molecule has 1 saturated heterocycles. The van der Waals surface area contributed by atoms with Crippen molar-refractivity contribution in [3.63, 3.8) is 0 Å². The summed E-state index contributed by atoms with van der Waals surface area (Å²) in [4.78, 5) is 6.99. The van der Waals surface area contributed by atoms with Crippen LogP contribution in [0.3, 0.4) is 0 Å². The van der Waals surface area contributed by atoms with E-state index in [4.69, 9.17) is 0 Å². The first-order valence-electron chi connectivity index (χ1n) is 6.28. The normalized spacial score (nSPS) is 20.3. The Hall–Kier alpha value is -1.13. The van der Waals surface area contributed by atoms with Gasteiger partial charge in [-0.15, -0.1) is 0 Å². The quantitative estimate of drug-likeness (QED) is 0.878. The van der Waals surface area contributed by atoms with E-state index in [1.54, 1.807) is 0 Å². The molecule has 18 heavy (non-hydrogen) atoms. The Morgan fingerprint density at radius 3 is 3.06 bits per heavy atom. The summed E-state index contributed by atoms with van der Waals surface area (Å²) >= 11 is 3.61. The smallest absolute Gasteiger partial charge is 0.136 e. The Morgan fingerprint density at radius 2 is 2.22 bits per heavy atom. The minimum Gasteiger partial charge on any atom is -0.351 e. The van der Waals surface area contributed by atoms with Crippen LogP contribution >= 0.6 is 15.9 Å². The fourth-order valence-electron chi connectivity index (χ4n) is 2.54. The summed E-state index contributed by atoms with van der Waals surface area (Å²) in [6.07, 6.45) is 1.90. The molecule has 0 aliphatic carbocycles. The first-order chi connectivity index (χ1) is 8.77. The molecule has 1 aromatic carbocycles. The van der Waals surface area contributed by atoms with Gasteiger partial charge in [0.1, 0.15) is 5.82 Å².